The minimum atomic E-state index is -0.175. The fraction of sp³-hybridized carbons (Fsp3) is 0.459. The van der Waals surface area contributed by atoms with Gasteiger partial charge < -0.3 is 4.90 Å². The second-order valence-electron chi connectivity index (χ2n) is 15.6. The summed E-state index contributed by atoms with van der Waals surface area (Å²) in [7, 11) is 0. The Morgan fingerprint density at radius 3 is 1.03 bits per heavy atom. The van der Waals surface area contributed by atoms with E-state index in [1.807, 2.05) is 0 Å². The van der Waals surface area contributed by atoms with Gasteiger partial charge in [-0.05, 0) is 67.5 Å². The summed E-state index contributed by atoms with van der Waals surface area (Å²) in [4.78, 5) is 2.64. The van der Waals surface area contributed by atoms with E-state index >= 15 is 0 Å². The average molecular weight is 502 g/mol. The van der Waals surface area contributed by atoms with Gasteiger partial charge in [-0.15, -0.1) is 6.42 Å². The Kier molecular flexibility index (Phi) is 4.63. The first-order valence-electron chi connectivity index (χ1n) is 14.2. The first-order chi connectivity index (χ1) is 17.3. The molecule has 0 radical (unpaired) electrons. The van der Waals surface area contributed by atoms with Crippen LogP contribution in [0.5, 0.6) is 0 Å². The predicted octanol–water partition coefficient (Wildman–Crippen LogP) is 9.65. The van der Waals surface area contributed by atoms with Crippen molar-refractivity contribution in [1.82, 2.24) is 0 Å². The van der Waals surface area contributed by atoms with Crippen LogP contribution in [-0.4, -0.2) is 0 Å². The Balaban J connectivity index is 1.88. The molecule has 0 aromatic heterocycles. The van der Waals surface area contributed by atoms with Gasteiger partial charge in [0.15, 0.2) is 0 Å². The molecule has 0 fully saturated rings. The fourth-order valence-corrected chi connectivity index (χ4v) is 7.20. The number of anilines is 3. The third-order valence-electron chi connectivity index (χ3n) is 9.94. The number of benzene rings is 3. The Labute approximate surface area is 230 Å². The molecule has 0 aliphatic carbocycles. The van der Waals surface area contributed by atoms with Crippen molar-refractivity contribution in [2.24, 2.45) is 0 Å². The summed E-state index contributed by atoms with van der Waals surface area (Å²) in [6.45, 7) is 28.5. The number of hydrogen-bond acceptors (Lipinski definition) is 1. The Bertz CT molecular complexity index is 1490. The van der Waals surface area contributed by atoms with Crippen molar-refractivity contribution in [3.8, 4) is 12.3 Å². The van der Waals surface area contributed by atoms with Crippen LogP contribution < -0.4 is 4.90 Å². The maximum atomic E-state index is 6.09. The van der Waals surface area contributed by atoms with Crippen molar-refractivity contribution in [3.05, 3.63) is 86.5 Å². The molecule has 3 aliphatic rings. The summed E-state index contributed by atoms with van der Waals surface area (Å²) in [5, 5.41) is 0. The third kappa shape index (κ3) is 2.96. The number of rotatable bonds is 0. The molecule has 3 aliphatic heterocycles. The van der Waals surface area contributed by atoms with E-state index in [4.69, 9.17) is 6.42 Å². The maximum absolute atomic E-state index is 6.09. The van der Waals surface area contributed by atoms with Crippen molar-refractivity contribution in [1.29, 1.82) is 0 Å². The average Bonchev–Trinajstić information content (AvgIpc) is 2.80. The molecule has 0 spiro atoms. The molecule has 3 aromatic rings. The van der Waals surface area contributed by atoms with Gasteiger partial charge >= 0.3 is 0 Å². The van der Waals surface area contributed by atoms with Crippen LogP contribution in [0, 0.1) is 12.3 Å². The second-order valence-corrected chi connectivity index (χ2v) is 15.6. The van der Waals surface area contributed by atoms with Gasteiger partial charge in [0, 0.05) is 21.8 Å². The van der Waals surface area contributed by atoms with E-state index in [9.17, 15) is 0 Å². The van der Waals surface area contributed by atoms with E-state index in [-0.39, 0.29) is 27.1 Å². The molecule has 0 unspecified atom stereocenters. The molecule has 6 rings (SSSR count). The van der Waals surface area contributed by atoms with Gasteiger partial charge in [-0.2, -0.15) is 0 Å². The lowest BCUT2D eigenvalue weighted by molar-refractivity contribution is 0.542. The van der Waals surface area contributed by atoms with Crippen molar-refractivity contribution in [2.45, 2.75) is 110 Å². The normalized spacial score (nSPS) is 19.1. The number of terminal acetylenes is 1. The highest BCUT2D eigenvalue weighted by Gasteiger charge is 2.52. The molecule has 0 amide bonds. The summed E-state index contributed by atoms with van der Waals surface area (Å²) in [6.07, 6.45) is 6.09. The lowest BCUT2D eigenvalue weighted by Gasteiger charge is -2.55. The molecule has 0 saturated heterocycles. The van der Waals surface area contributed by atoms with E-state index < -0.39 is 0 Å². The van der Waals surface area contributed by atoms with Gasteiger partial charge in [-0.25, -0.2) is 0 Å². The summed E-state index contributed by atoms with van der Waals surface area (Å²) in [5.41, 5.74) is 15.9. The molecule has 0 N–H and O–H groups in total. The molecule has 1 heteroatoms. The van der Waals surface area contributed by atoms with E-state index in [1.165, 1.54) is 61.6 Å². The molecule has 3 aromatic carbocycles. The standard InChI is InChI=1S/C37H43N/c1-14-21-15-24-30-25(16-21)36(10,11)27-18-23(34(5,6)7)20-29-32(27)38(30)31-26(35(24,8)9)17-22(33(2,3)4)19-28(31)37(29,12)13/h1,15-20H,2-13H3. The molecule has 0 saturated carbocycles. The van der Waals surface area contributed by atoms with E-state index in [2.05, 4.69) is 130 Å². The van der Waals surface area contributed by atoms with Crippen LogP contribution in [0.2, 0.25) is 0 Å². The summed E-state index contributed by atoms with van der Waals surface area (Å²) < 4.78 is 0. The van der Waals surface area contributed by atoms with Crippen LogP contribution in [0.3, 0.4) is 0 Å². The van der Waals surface area contributed by atoms with Crippen LogP contribution >= 0.6 is 0 Å². The first kappa shape index (κ1) is 25.3. The molecular weight excluding hydrogens is 458 g/mol. The number of nitrogens with zero attached hydrogens (tertiary/aromatic N) is 1. The van der Waals surface area contributed by atoms with Gasteiger partial charge in [0.1, 0.15) is 0 Å². The lowest BCUT2D eigenvalue weighted by atomic mass is 9.59. The van der Waals surface area contributed by atoms with E-state index in [1.54, 1.807) is 0 Å². The fourth-order valence-electron chi connectivity index (χ4n) is 7.20. The zero-order chi connectivity index (χ0) is 28.0. The molecule has 196 valence electrons. The van der Waals surface area contributed by atoms with Crippen LogP contribution in [0.4, 0.5) is 17.1 Å². The molecule has 0 bridgehead atoms. The topological polar surface area (TPSA) is 3.24 Å². The quantitative estimate of drug-likeness (QED) is 0.277. The van der Waals surface area contributed by atoms with Crippen LogP contribution in [-0.2, 0) is 27.1 Å². The highest BCUT2D eigenvalue weighted by molar-refractivity contribution is 5.98. The molecule has 1 nitrogen and oxygen atoms in total. The van der Waals surface area contributed by atoms with Crippen LogP contribution in [0.25, 0.3) is 0 Å². The monoisotopic (exact) mass is 501 g/mol. The molecule has 3 heterocycles. The van der Waals surface area contributed by atoms with Crippen LogP contribution in [0.15, 0.2) is 36.4 Å². The van der Waals surface area contributed by atoms with Crippen molar-refractivity contribution >= 4 is 17.1 Å². The highest BCUT2D eigenvalue weighted by Crippen LogP contribution is 2.66. The van der Waals surface area contributed by atoms with Crippen molar-refractivity contribution in [3.63, 3.8) is 0 Å². The minimum Gasteiger partial charge on any atom is -0.309 e. The summed E-state index contributed by atoms with van der Waals surface area (Å²) >= 11 is 0. The van der Waals surface area contributed by atoms with Gasteiger partial charge in [0.05, 0.1) is 17.1 Å². The third-order valence-corrected chi connectivity index (χ3v) is 9.94. The zero-order valence-electron chi connectivity index (χ0n) is 25.5. The van der Waals surface area contributed by atoms with E-state index in [0.29, 0.717) is 0 Å². The second kappa shape index (κ2) is 6.96. The van der Waals surface area contributed by atoms with Gasteiger partial charge in [0.25, 0.3) is 0 Å². The SMILES string of the molecule is C#Cc1cc2c3c(c1)C(C)(C)c1cc(C(C)(C)C)cc4c1N3c1c(cc(C(C)(C)C)cc1C4(C)C)C2(C)C. The minimum absolute atomic E-state index is 0.0480. The Morgan fingerprint density at radius 1 is 0.526 bits per heavy atom. The summed E-state index contributed by atoms with van der Waals surface area (Å²) in [5.74, 6) is 3.00. The smallest absolute Gasteiger partial charge is 0.0544 e. The van der Waals surface area contributed by atoms with Crippen molar-refractivity contribution < 1.29 is 0 Å². The van der Waals surface area contributed by atoms with E-state index in [0.717, 1.165) is 5.56 Å². The molecule has 0 atom stereocenters. The predicted molar refractivity (Wildman–Crippen MR) is 163 cm³/mol. The zero-order valence-corrected chi connectivity index (χ0v) is 25.5. The Hall–Kier alpha value is -2.98. The molecular formula is C37H43N. The summed E-state index contributed by atoms with van der Waals surface area (Å²) in [6, 6.07) is 14.6. The number of hydrogen-bond donors (Lipinski definition) is 0. The Morgan fingerprint density at radius 2 is 0.789 bits per heavy atom. The largest absolute Gasteiger partial charge is 0.309 e. The van der Waals surface area contributed by atoms with Gasteiger partial charge in [0.2, 0.25) is 0 Å². The highest BCUT2D eigenvalue weighted by atomic mass is 15.2. The maximum Gasteiger partial charge on any atom is 0.0544 e. The lowest BCUT2D eigenvalue weighted by Crippen LogP contribution is -2.44. The van der Waals surface area contributed by atoms with Crippen LogP contribution in [0.1, 0.15) is 133 Å². The van der Waals surface area contributed by atoms with Gasteiger partial charge in [-0.3, -0.25) is 0 Å². The first-order valence-corrected chi connectivity index (χ1v) is 14.2. The molecule has 38 heavy (non-hydrogen) atoms. The van der Waals surface area contributed by atoms with Crippen molar-refractivity contribution in [2.75, 3.05) is 4.90 Å². The van der Waals surface area contributed by atoms with Gasteiger partial charge in [-0.1, -0.05) is 113 Å².